The Kier molecular flexibility index (Phi) is 5.93. The normalized spacial score (nSPS) is 11.9. The van der Waals surface area contributed by atoms with E-state index in [2.05, 4.69) is 4.74 Å². The summed E-state index contributed by atoms with van der Waals surface area (Å²) >= 11 is 0. The molecule has 4 heteroatoms. The van der Waals surface area contributed by atoms with Gasteiger partial charge in [-0.2, -0.15) is 0 Å². The predicted molar refractivity (Wildman–Crippen MR) is 47.1 cm³/mol. The van der Waals surface area contributed by atoms with Crippen molar-refractivity contribution >= 4 is 11.9 Å². The van der Waals surface area contributed by atoms with Crippen molar-refractivity contribution < 1.29 is 19.1 Å². The minimum atomic E-state index is -0.734. The topological polar surface area (TPSA) is 52.6 Å². The van der Waals surface area contributed by atoms with Crippen LogP contribution in [0, 0.1) is 0 Å². The average molecular weight is 188 g/mol. The lowest BCUT2D eigenvalue weighted by molar-refractivity contribution is -0.165. The molecule has 0 aromatic rings. The first-order valence-corrected chi connectivity index (χ1v) is 4.36. The summed E-state index contributed by atoms with van der Waals surface area (Å²) in [5, 5.41) is 0. The maximum absolute atomic E-state index is 11.1. The van der Waals surface area contributed by atoms with E-state index in [1.54, 1.807) is 0 Å². The van der Waals surface area contributed by atoms with Crippen molar-refractivity contribution in [3.8, 4) is 0 Å². The molecule has 4 nitrogen and oxygen atoms in total. The third-order valence-corrected chi connectivity index (χ3v) is 1.59. The van der Waals surface area contributed by atoms with Gasteiger partial charge in [0, 0.05) is 6.92 Å². The Labute approximate surface area is 78.2 Å². The highest BCUT2D eigenvalue weighted by Gasteiger charge is 2.21. The van der Waals surface area contributed by atoms with Gasteiger partial charge in [0.25, 0.3) is 0 Å². The molecule has 0 aromatic carbocycles. The van der Waals surface area contributed by atoms with Crippen LogP contribution in [-0.4, -0.2) is 25.2 Å². The molecule has 0 fully saturated rings. The molecule has 76 valence electrons. The first-order chi connectivity index (χ1) is 6.11. The number of methoxy groups -OCH3 is 1. The summed E-state index contributed by atoms with van der Waals surface area (Å²) in [5.74, 6) is -0.935. The third kappa shape index (κ3) is 5.22. The van der Waals surface area contributed by atoms with E-state index in [1.807, 2.05) is 6.92 Å². The van der Waals surface area contributed by atoms with Crippen LogP contribution in [0.4, 0.5) is 0 Å². The van der Waals surface area contributed by atoms with Crippen molar-refractivity contribution in [1.29, 1.82) is 0 Å². The zero-order valence-corrected chi connectivity index (χ0v) is 8.33. The molecule has 0 N–H and O–H groups in total. The number of rotatable bonds is 5. The van der Waals surface area contributed by atoms with Crippen LogP contribution in [0.3, 0.4) is 0 Å². The maximum Gasteiger partial charge on any atom is 0.347 e. The van der Waals surface area contributed by atoms with Crippen molar-refractivity contribution in [1.82, 2.24) is 0 Å². The molecular formula is C9H16O4. The van der Waals surface area contributed by atoms with Crippen LogP contribution in [0.15, 0.2) is 0 Å². The molecule has 0 heterocycles. The Balaban J connectivity index is 4.02. The summed E-state index contributed by atoms with van der Waals surface area (Å²) in [4.78, 5) is 21.7. The fourth-order valence-corrected chi connectivity index (χ4v) is 0.946. The summed E-state index contributed by atoms with van der Waals surface area (Å²) in [6.45, 7) is 3.28. The van der Waals surface area contributed by atoms with Gasteiger partial charge < -0.3 is 9.47 Å². The molecule has 0 spiro atoms. The van der Waals surface area contributed by atoms with Gasteiger partial charge in [0.15, 0.2) is 6.10 Å². The van der Waals surface area contributed by atoms with Crippen molar-refractivity contribution in [2.24, 2.45) is 0 Å². The summed E-state index contributed by atoms with van der Waals surface area (Å²) in [6.07, 6.45) is 1.59. The number of hydrogen-bond donors (Lipinski definition) is 0. The number of ether oxygens (including phenoxy) is 2. The first kappa shape index (κ1) is 11.9. The summed E-state index contributed by atoms with van der Waals surface area (Å²) in [7, 11) is 1.28. The van der Waals surface area contributed by atoms with Gasteiger partial charge >= 0.3 is 11.9 Å². The summed E-state index contributed by atoms with van der Waals surface area (Å²) in [5.41, 5.74) is 0. The lowest BCUT2D eigenvalue weighted by Crippen LogP contribution is -2.27. The Hall–Kier alpha value is -1.06. The Morgan fingerprint density at radius 1 is 1.38 bits per heavy atom. The maximum atomic E-state index is 11.1. The second-order valence-electron chi connectivity index (χ2n) is 2.76. The molecule has 0 aliphatic heterocycles. The van der Waals surface area contributed by atoms with E-state index in [0.717, 1.165) is 12.8 Å². The smallest absolute Gasteiger partial charge is 0.347 e. The van der Waals surface area contributed by atoms with Crippen molar-refractivity contribution in [3.05, 3.63) is 0 Å². The van der Waals surface area contributed by atoms with E-state index in [-0.39, 0.29) is 0 Å². The molecule has 1 atom stereocenters. The van der Waals surface area contributed by atoms with E-state index in [9.17, 15) is 9.59 Å². The van der Waals surface area contributed by atoms with Crippen LogP contribution in [0.25, 0.3) is 0 Å². The molecule has 0 aromatic heterocycles. The fourth-order valence-electron chi connectivity index (χ4n) is 0.946. The molecule has 13 heavy (non-hydrogen) atoms. The van der Waals surface area contributed by atoms with Crippen LogP contribution in [0.1, 0.15) is 33.1 Å². The van der Waals surface area contributed by atoms with Gasteiger partial charge in [-0.3, -0.25) is 4.79 Å². The number of unbranched alkanes of at least 4 members (excludes halogenated alkanes) is 1. The first-order valence-electron chi connectivity index (χ1n) is 4.36. The number of esters is 2. The van der Waals surface area contributed by atoms with Gasteiger partial charge in [-0.05, 0) is 12.8 Å². The third-order valence-electron chi connectivity index (χ3n) is 1.59. The van der Waals surface area contributed by atoms with Gasteiger partial charge in [0.1, 0.15) is 0 Å². The SMILES string of the molecule is CCCC[C@H](OC(C)=O)C(=O)OC. The summed E-state index contributed by atoms with van der Waals surface area (Å²) < 4.78 is 9.29. The van der Waals surface area contributed by atoms with Crippen LogP contribution in [0.2, 0.25) is 0 Å². The van der Waals surface area contributed by atoms with Crippen molar-refractivity contribution in [3.63, 3.8) is 0 Å². The second kappa shape index (κ2) is 6.46. The van der Waals surface area contributed by atoms with Gasteiger partial charge in [0.2, 0.25) is 0 Å². The Morgan fingerprint density at radius 3 is 2.38 bits per heavy atom. The molecule has 0 saturated carbocycles. The van der Waals surface area contributed by atoms with Gasteiger partial charge in [0.05, 0.1) is 7.11 Å². The predicted octanol–water partition coefficient (Wildman–Crippen LogP) is 1.28. The van der Waals surface area contributed by atoms with Gasteiger partial charge in [-0.25, -0.2) is 4.79 Å². The summed E-state index contributed by atoms with van der Waals surface area (Å²) in [6, 6.07) is 0. The average Bonchev–Trinajstić information content (AvgIpc) is 2.10. The Bertz CT molecular complexity index is 176. The minimum absolute atomic E-state index is 0.452. The van der Waals surface area contributed by atoms with Gasteiger partial charge in [-0.15, -0.1) is 0 Å². The van der Waals surface area contributed by atoms with Crippen LogP contribution >= 0.6 is 0 Å². The largest absolute Gasteiger partial charge is 0.466 e. The molecule has 0 unspecified atom stereocenters. The lowest BCUT2D eigenvalue weighted by Gasteiger charge is -2.13. The highest BCUT2D eigenvalue weighted by Crippen LogP contribution is 2.06. The quantitative estimate of drug-likeness (QED) is 0.610. The van der Waals surface area contributed by atoms with Crippen LogP contribution in [-0.2, 0) is 19.1 Å². The zero-order valence-electron chi connectivity index (χ0n) is 8.33. The monoisotopic (exact) mass is 188 g/mol. The molecule has 0 bridgehead atoms. The molecule has 0 saturated heterocycles. The van der Waals surface area contributed by atoms with Crippen molar-refractivity contribution in [2.75, 3.05) is 7.11 Å². The molecular weight excluding hydrogens is 172 g/mol. The highest BCUT2D eigenvalue weighted by atomic mass is 16.6. The van der Waals surface area contributed by atoms with E-state index in [1.165, 1.54) is 14.0 Å². The fraction of sp³-hybridized carbons (Fsp3) is 0.778. The van der Waals surface area contributed by atoms with E-state index >= 15 is 0 Å². The minimum Gasteiger partial charge on any atom is -0.466 e. The second-order valence-corrected chi connectivity index (χ2v) is 2.76. The van der Waals surface area contributed by atoms with Crippen LogP contribution < -0.4 is 0 Å². The van der Waals surface area contributed by atoms with E-state index in [0.29, 0.717) is 6.42 Å². The van der Waals surface area contributed by atoms with Crippen LogP contribution in [0.5, 0.6) is 0 Å². The molecule has 0 aliphatic carbocycles. The van der Waals surface area contributed by atoms with Crippen molar-refractivity contribution in [2.45, 2.75) is 39.2 Å². The van der Waals surface area contributed by atoms with Gasteiger partial charge in [-0.1, -0.05) is 13.3 Å². The number of hydrogen-bond acceptors (Lipinski definition) is 4. The standard InChI is InChI=1S/C9H16O4/c1-4-5-6-8(9(11)12-3)13-7(2)10/h8H,4-6H2,1-3H3/t8-/m0/s1. The number of carbonyl (C=O) groups is 2. The Morgan fingerprint density at radius 2 is 2.00 bits per heavy atom. The molecule has 0 amide bonds. The zero-order chi connectivity index (χ0) is 10.3. The molecule has 0 radical (unpaired) electrons. The number of carbonyl (C=O) groups excluding carboxylic acids is 2. The molecule has 0 rings (SSSR count). The lowest BCUT2D eigenvalue weighted by atomic mass is 10.1. The molecule has 0 aliphatic rings. The van der Waals surface area contributed by atoms with E-state index in [4.69, 9.17) is 4.74 Å². The highest BCUT2D eigenvalue weighted by molar-refractivity contribution is 5.78. The van der Waals surface area contributed by atoms with E-state index < -0.39 is 18.0 Å².